The summed E-state index contributed by atoms with van der Waals surface area (Å²) in [6.07, 6.45) is 3.01. The fraction of sp³-hybridized carbons (Fsp3) is 0.516. The van der Waals surface area contributed by atoms with Gasteiger partial charge in [-0.3, -0.25) is 9.59 Å². The van der Waals surface area contributed by atoms with Gasteiger partial charge < -0.3 is 20.3 Å². The molecular weight excluding hydrogens is 514 g/mol. The number of carbonyl (C=O) groups is 3. The van der Waals surface area contributed by atoms with E-state index in [2.05, 4.69) is 17.6 Å². The molecule has 214 valence electrons. The lowest BCUT2D eigenvalue weighted by molar-refractivity contribution is -0.140. The molecule has 0 aliphatic heterocycles. The summed E-state index contributed by atoms with van der Waals surface area (Å²) in [7, 11) is 0. The van der Waals surface area contributed by atoms with Crippen molar-refractivity contribution in [1.82, 2.24) is 10.2 Å². The first-order valence-electron chi connectivity index (χ1n) is 13.7. The zero-order valence-corrected chi connectivity index (χ0v) is 25.4. The van der Waals surface area contributed by atoms with E-state index in [1.165, 1.54) is 0 Å². The molecule has 7 nitrogen and oxygen atoms in total. The predicted molar refractivity (Wildman–Crippen MR) is 158 cm³/mol. The van der Waals surface area contributed by atoms with E-state index >= 15 is 0 Å². The summed E-state index contributed by atoms with van der Waals surface area (Å²) in [6, 6.07) is 9.38. The smallest absolute Gasteiger partial charge is 0.408 e. The Kier molecular flexibility index (Phi) is 11.8. The molecule has 8 heteroatoms. The van der Waals surface area contributed by atoms with Gasteiger partial charge in [0.1, 0.15) is 17.7 Å². The van der Waals surface area contributed by atoms with Gasteiger partial charge in [-0.1, -0.05) is 68.1 Å². The molecule has 0 saturated heterocycles. The molecule has 0 heterocycles. The zero-order valence-electron chi connectivity index (χ0n) is 24.6. The number of aryl methyl sites for hydroxylation is 3. The van der Waals surface area contributed by atoms with E-state index in [0.717, 1.165) is 47.9 Å². The van der Waals surface area contributed by atoms with Crippen molar-refractivity contribution in [3.05, 3.63) is 63.7 Å². The average molecular weight is 558 g/mol. The topological polar surface area (TPSA) is 87.7 Å². The maximum Gasteiger partial charge on any atom is 0.408 e. The van der Waals surface area contributed by atoms with Gasteiger partial charge >= 0.3 is 6.09 Å². The highest BCUT2D eigenvalue weighted by Crippen LogP contribution is 2.32. The van der Waals surface area contributed by atoms with Crippen LogP contribution in [0.3, 0.4) is 0 Å². The van der Waals surface area contributed by atoms with Gasteiger partial charge in [-0.15, -0.1) is 0 Å². The van der Waals surface area contributed by atoms with E-state index in [0.29, 0.717) is 17.3 Å². The number of rotatable bonds is 11. The maximum atomic E-state index is 14.1. The van der Waals surface area contributed by atoms with Crippen LogP contribution in [-0.2, 0) is 14.3 Å². The van der Waals surface area contributed by atoms with E-state index in [1.807, 2.05) is 51.1 Å². The summed E-state index contributed by atoms with van der Waals surface area (Å²) in [4.78, 5) is 42.2. The Bertz CT molecular complexity index is 1120. The normalized spacial score (nSPS) is 12.8. The van der Waals surface area contributed by atoms with Crippen LogP contribution >= 0.6 is 11.6 Å². The van der Waals surface area contributed by atoms with Gasteiger partial charge in [0.15, 0.2) is 0 Å². The molecule has 0 radical (unpaired) electrons. The molecule has 0 bridgehead atoms. The Morgan fingerprint density at radius 2 is 1.54 bits per heavy atom. The number of benzene rings is 2. The minimum absolute atomic E-state index is 0.354. The Morgan fingerprint density at radius 3 is 2.10 bits per heavy atom. The number of alkyl carbamates (subject to hydrolysis) is 1. The fourth-order valence-electron chi connectivity index (χ4n) is 4.54. The van der Waals surface area contributed by atoms with Crippen molar-refractivity contribution in [2.75, 3.05) is 11.9 Å². The Balaban J connectivity index is 2.55. The van der Waals surface area contributed by atoms with E-state index in [1.54, 1.807) is 38.7 Å². The monoisotopic (exact) mass is 557 g/mol. The van der Waals surface area contributed by atoms with Crippen molar-refractivity contribution in [2.45, 2.75) is 98.8 Å². The molecule has 0 aromatic heterocycles. The molecule has 0 fully saturated rings. The zero-order chi connectivity index (χ0) is 29.3. The molecule has 2 N–H and O–H groups in total. The number of ether oxygens (including phenoxy) is 1. The molecule has 3 amide bonds. The third-order valence-electron chi connectivity index (χ3n) is 6.49. The van der Waals surface area contributed by atoms with Crippen LogP contribution in [-0.4, -0.2) is 41.0 Å². The molecule has 2 rings (SSSR count). The van der Waals surface area contributed by atoms with Crippen molar-refractivity contribution < 1.29 is 19.1 Å². The molecule has 2 atom stereocenters. The molecule has 0 spiro atoms. The lowest BCUT2D eigenvalue weighted by Gasteiger charge is -2.35. The number of hydrogen-bond donors (Lipinski definition) is 2. The summed E-state index contributed by atoms with van der Waals surface area (Å²) in [5.41, 5.74) is 3.17. The second kappa shape index (κ2) is 14.4. The maximum absolute atomic E-state index is 14.1. The molecule has 2 aromatic rings. The van der Waals surface area contributed by atoms with Crippen LogP contribution in [0.15, 0.2) is 36.4 Å². The van der Waals surface area contributed by atoms with Crippen LogP contribution in [0, 0.1) is 20.8 Å². The Labute approximate surface area is 238 Å². The number of nitrogens with zero attached hydrogens (tertiary/aromatic N) is 1. The minimum atomic E-state index is -0.932. The van der Waals surface area contributed by atoms with E-state index in [-0.39, 0.29) is 11.8 Å². The average Bonchev–Trinajstić information content (AvgIpc) is 2.83. The molecule has 2 unspecified atom stereocenters. The number of para-hydroxylation sites is 1. The van der Waals surface area contributed by atoms with Gasteiger partial charge in [0.25, 0.3) is 5.91 Å². The van der Waals surface area contributed by atoms with E-state index in [9.17, 15) is 14.4 Å². The van der Waals surface area contributed by atoms with Gasteiger partial charge in [-0.25, -0.2) is 4.79 Å². The number of halogens is 1. The summed E-state index contributed by atoms with van der Waals surface area (Å²) < 4.78 is 5.37. The second-order valence-electron chi connectivity index (χ2n) is 11.1. The summed E-state index contributed by atoms with van der Waals surface area (Å²) in [6.45, 7) is 15.1. The van der Waals surface area contributed by atoms with Crippen LogP contribution in [0.1, 0.15) is 88.6 Å². The van der Waals surface area contributed by atoms with Crippen LogP contribution in [0.4, 0.5) is 10.5 Å². The van der Waals surface area contributed by atoms with Crippen molar-refractivity contribution in [3.63, 3.8) is 0 Å². The number of amides is 3. The first kappa shape index (κ1) is 32.2. The van der Waals surface area contributed by atoms with E-state index in [4.69, 9.17) is 16.3 Å². The van der Waals surface area contributed by atoms with Crippen LogP contribution in [0.2, 0.25) is 5.02 Å². The molecule has 39 heavy (non-hydrogen) atoms. The summed E-state index contributed by atoms with van der Waals surface area (Å²) >= 11 is 6.45. The number of carbonyl (C=O) groups excluding carboxylic acids is 3. The van der Waals surface area contributed by atoms with Gasteiger partial charge in [0.2, 0.25) is 5.91 Å². The molecular formula is C31H44ClN3O4. The highest BCUT2D eigenvalue weighted by molar-refractivity contribution is 6.34. The molecule has 2 aromatic carbocycles. The number of nitrogens with one attached hydrogen (secondary N) is 2. The fourth-order valence-corrected chi connectivity index (χ4v) is 4.81. The first-order valence-corrected chi connectivity index (χ1v) is 14.1. The van der Waals surface area contributed by atoms with Crippen LogP contribution in [0.5, 0.6) is 0 Å². The quantitative estimate of drug-likeness (QED) is 0.284. The summed E-state index contributed by atoms with van der Waals surface area (Å²) in [5.74, 6) is -0.729. The Morgan fingerprint density at radius 1 is 0.949 bits per heavy atom. The van der Waals surface area contributed by atoms with Gasteiger partial charge in [0.05, 0.1) is 10.7 Å². The Hall–Kier alpha value is -3.06. The molecule has 0 aliphatic carbocycles. The summed E-state index contributed by atoms with van der Waals surface area (Å²) in [5, 5.41) is 6.08. The number of unbranched alkanes of at least 4 members (excludes halogenated alkanes) is 3. The van der Waals surface area contributed by atoms with Crippen LogP contribution < -0.4 is 10.6 Å². The first-order chi connectivity index (χ1) is 18.3. The highest BCUT2D eigenvalue weighted by Gasteiger charge is 2.36. The molecule has 0 aliphatic rings. The lowest BCUT2D eigenvalue weighted by atomic mass is 9.93. The van der Waals surface area contributed by atoms with Gasteiger partial charge in [0, 0.05) is 6.54 Å². The van der Waals surface area contributed by atoms with Crippen molar-refractivity contribution in [2.24, 2.45) is 0 Å². The van der Waals surface area contributed by atoms with Crippen molar-refractivity contribution >= 4 is 35.2 Å². The molecule has 0 saturated carbocycles. The second-order valence-corrected chi connectivity index (χ2v) is 11.5. The standard InChI is InChI=1S/C31H44ClN3O4/c1-9-10-11-12-19-35(29(37)23(5)33-30(38)39-31(6,7)8)27(25-20(2)15-13-16-21(25)3)28(36)34-26-22(4)17-14-18-24(26)32/h13-18,23,27H,9-12,19H2,1-8H3,(H,33,38)(H,34,36). The van der Waals surface area contributed by atoms with Crippen molar-refractivity contribution in [3.8, 4) is 0 Å². The van der Waals surface area contributed by atoms with Gasteiger partial charge in [-0.2, -0.15) is 0 Å². The lowest BCUT2D eigenvalue weighted by Crippen LogP contribution is -2.51. The van der Waals surface area contributed by atoms with Crippen LogP contribution in [0.25, 0.3) is 0 Å². The highest BCUT2D eigenvalue weighted by atomic mass is 35.5. The third-order valence-corrected chi connectivity index (χ3v) is 6.80. The number of anilines is 1. The number of hydrogen-bond acceptors (Lipinski definition) is 4. The SMILES string of the molecule is CCCCCCN(C(=O)C(C)NC(=O)OC(C)(C)C)C(C(=O)Nc1c(C)cccc1Cl)c1c(C)cccc1C. The van der Waals surface area contributed by atoms with Gasteiger partial charge in [-0.05, 0) is 83.2 Å². The largest absolute Gasteiger partial charge is 0.444 e. The van der Waals surface area contributed by atoms with E-state index < -0.39 is 23.8 Å². The predicted octanol–water partition coefficient (Wildman–Crippen LogP) is 7.27. The van der Waals surface area contributed by atoms with Crippen molar-refractivity contribution in [1.29, 1.82) is 0 Å². The minimum Gasteiger partial charge on any atom is -0.444 e. The third kappa shape index (κ3) is 9.27.